The largest absolute Gasteiger partial charge is 0.459 e. The molecule has 0 spiro atoms. The highest BCUT2D eigenvalue weighted by Gasteiger charge is 2.36. The predicted molar refractivity (Wildman–Crippen MR) is 95.0 cm³/mol. The second kappa shape index (κ2) is 9.24. The summed E-state index contributed by atoms with van der Waals surface area (Å²) in [6.45, 7) is 11.6. The van der Waals surface area contributed by atoms with Crippen molar-refractivity contribution >= 4 is 17.7 Å². The van der Waals surface area contributed by atoms with Crippen molar-refractivity contribution in [3.63, 3.8) is 0 Å². The molecule has 0 aromatic heterocycles. The van der Waals surface area contributed by atoms with Gasteiger partial charge < -0.3 is 4.74 Å². The van der Waals surface area contributed by atoms with Crippen LogP contribution in [0.5, 0.6) is 0 Å². The summed E-state index contributed by atoms with van der Waals surface area (Å²) in [6, 6.07) is 0. The lowest BCUT2D eigenvalue weighted by Gasteiger charge is -2.28. The summed E-state index contributed by atoms with van der Waals surface area (Å²) in [4.78, 5) is 11.6. The monoisotopic (exact) mass is 352 g/mol. The number of hydrogen-bond acceptors (Lipinski definition) is 3. The van der Waals surface area contributed by atoms with Gasteiger partial charge in [-0.25, -0.2) is 0 Å². The minimum Gasteiger partial charge on any atom is -0.459 e. The lowest BCUT2D eigenvalue weighted by atomic mass is 9.96. The number of thioether (sulfide) groups is 1. The highest BCUT2D eigenvalue weighted by Crippen LogP contribution is 2.34. The minimum atomic E-state index is -2.51. The Bertz CT molecular complexity index is 357. The molecule has 0 saturated heterocycles. The molecule has 1 rings (SSSR count). The number of rotatable bonds is 5. The van der Waals surface area contributed by atoms with Gasteiger partial charge in [0.2, 0.25) is 0 Å². The molecule has 2 nitrogen and oxygen atoms in total. The van der Waals surface area contributed by atoms with Crippen molar-refractivity contribution in [3.05, 3.63) is 0 Å². The van der Waals surface area contributed by atoms with Crippen molar-refractivity contribution in [2.75, 3.05) is 6.26 Å². The second-order valence-corrected chi connectivity index (χ2v) is 9.08. The molecular formula is C18H34F2O2S. The molecule has 23 heavy (non-hydrogen) atoms. The van der Waals surface area contributed by atoms with E-state index in [1.165, 1.54) is 19.1 Å². The molecule has 0 aromatic rings. The van der Waals surface area contributed by atoms with Gasteiger partial charge in [-0.3, -0.25) is 4.79 Å². The molecule has 0 radical (unpaired) electrons. The fourth-order valence-corrected chi connectivity index (χ4v) is 2.48. The van der Waals surface area contributed by atoms with E-state index in [-0.39, 0.29) is 23.4 Å². The molecule has 1 saturated carbocycles. The Labute approximate surface area is 145 Å². The molecule has 0 unspecified atom stereocenters. The molecule has 0 aliphatic heterocycles. The Morgan fingerprint density at radius 3 is 2.04 bits per heavy atom. The maximum atomic E-state index is 12.5. The van der Waals surface area contributed by atoms with Gasteiger partial charge in [-0.15, -0.1) is 0 Å². The van der Waals surface area contributed by atoms with Crippen LogP contribution < -0.4 is 0 Å². The summed E-state index contributed by atoms with van der Waals surface area (Å²) < 4.78 is 30.5. The number of ether oxygens (including phenoxy) is 1. The number of esters is 1. The fraction of sp³-hybridized carbons (Fsp3) is 0.944. The number of alkyl halides is 2. The zero-order chi connectivity index (χ0) is 18.3. The number of hydrogen-bond donors (Lipinski definition) is 0. The van der Waals surface area contributed by atoms with Gasteiger partial charge in [-0.2, -0.15) is 8.78 Å². The fourth-order valence-electron chi connectivity index (χ4n) is 2.16. The highest BCUT2D eigenvalue weighted by atomic mass is 32.2. The molecule has 1 aliphatic carbocycles. The van der Waals surface area contributed by atoms with E-state index in [9.17, 15) is 13.6 Å². The molecule has 0 atom stereocenters. The van der Waals surface area contributed by atoms with Crippen molar-refractivity contribution in [3.8, 4) is 0 Å². The van der Waals surface area contributed by atoms with E-state index in [2.05, 4.69) is 0 Å². The molecule has 1 aliphatic rings. The Kier molecular flexibility index (Phi) is 9.11. The summed E-state index contributed by atoms with van der Waals surface area (Å²) in [7, 11) is 0. The Hall–Kier alpha value is -0.320. The van der Waals surface area contributed by atoms with Gasteiger partial charge in [0.15, 0.2) is 0 Å². The first-order valence-electron chi connectivity index (χ1n) is 8.48. The van der Waals surface area contributed by atoms with E-state index in [0.29, 0.717) is 24.1 Å². The summed E-state index contributed by atoms with van der Waals surface area (Å²) in [5, 5.41) is -2.51. The van der Waals surface area contributed by atoms with E-state index in [4.69, 9.17) is 4.74 Å². The highest BCUT2D eigenvalue weighted by molar-refractivity contribution is 7.99. The van der Waals surface area contributed by atoms with E-state index < -0.39 is 5.25 Å². The van der Waals surface area contributed by atoms with Crippen LogP contribution in [-0.2, 0) is 9.53 Å². The first-order valence-corrected chi connectivity index (χ1v) is 9.70. The third-order valence-corrected chi connectivity index (χ3v) is 4.73. The summed E-state index contributed by atoms with van der Waals surface area (Å²) >= 11 is 0.636. The SMILES string of the molecule is CC1(OC(=O)C(C)(C)C)CCCC1.CSC(F)(F)CCC(C)C. The molecule has 0 amide bonds. The van der Waals surface area contributed by atoms with Crippen LogP contribution >= 0.6 is 11.8 Å². The van der Waals surface area contributed by atoms with Gasteiger partial charge in [-0.1, -0.05) is 25.6 Å². The molecule has 5 heteroatoms. The van der Waals surface area contributed by atoms with Gasteiger partial charge >= 0.3 is 5.97 Å². The third kappa shape index (κ3) is 10.2. The minimum absolute atomic E-state index is 0.00579. The second-order valence-electron chi connectivity index (χ2n) is 8.07. The first-order chi connectivity index (χ1) is 10.3. The van der Waals surface area contributed by atoms with Crippen LogP contribution in [0.1, 0.15) is 80.1 Å². The van der Waals surface area contributed by atoms with Crippen molar-refractivity contribution in [1.82, 2.24) is 0 Å². The van der Waals surface area contributed by atoms with Gasteiger partial charge in [0.25, 0.3) is 5.25 Å². The van der Waals surface area contributed by atoms with Crippen LogP contribution in [0.15, 0.2) is 0 Å². The van der Waals surface area contributed by atoms with E-state index in [0.717, 1.165) is 12.8 Å². The van der Waals surface area contributed by atoms with Crippen LogP contribution in [0.25, 0.3) is 0 Å². The normalized spacial score (nSPS) is 17.7. The molecule has 0 aromatic carbocycles. The quantitative estimate of drug-likeness (QED) is 0.544. The zero-order valence-electron chi connectivity index (χ0n) is 15.8. The predicted octanol–water partition coefficient (Wildman–Crippen LogP) is 6.29. The average Bonchev–Trinajstić information content (AvgIpc) is 2.83. The Balaban J connectivity index is 0.000000438. The molecule has 138 valence electrons. The molecule has 0 N–H and O–H groups in total. The number of halogens is 2. The van der Waals surface area contributed by atoms with Gasteiger partial charge in [-0.05, 0) is 72.0 Å². The van der Waals surface area contributed by atoms with Crippen LogP contribution in [-0.4, -0.2) is 23.1 Å². The van der Waals surface area contributed by atoms with Crippen LogP contribution in [0.3, 0.4) is 0 Å². The molecule has 0 bridgehead atoms. The van der Waals surface area contributed by atoms with Crippen molar-refractivity contribution in [1.29, 1.82) is 0 Å². The average molecular weight is 353 g/mol. The van der Waals surface area contributed by atoms with Gasteiger partial charge in [0, 0.05) is 6.42 Å². The number of carbonyl (C=O) groups is 1. The maximum Gasteiger partial charge on any atom is 0.311 e. The van der Waals surface area contributed by atoms with Gasteiger partial charge in [0.05, 0.1) is 5.41 Å². The molecule has 1 fully saturated rings. The van der Waals surface area contributed by atoms with Crippen molar-refractivity contribution < 1.29 is 18.3 Å². The number of carbonyl (C=O) groups excluding carboxylic acids is 1. The van der Waals surface area contributed by atoms with Crippen molar-refractivity contribution in [2.24, 2.45) is 11.3 Å². The van der Waals surface area contributed by atoms with E-state index in [1.807, 2.05) is 41.5 Å². The summed E-state index contributed by atoms with van der Waals surface area (Å²) in [5.41, 5.74) is -0.546. The zero-order valence-corrected chi connectivity index (χ0v) is 16.6. The van der Waals surface area contributed by atoms with Gasteiger partial charge in [0.1, 0.15) is 5.60 Å². The van der Waals surface area contributed by atoms with Crippen molar-refractivity contribution in [2.45, 2.75) is 90.9 Å². The molecule has 0 heterocycles. The van der Waals surface area contributed by atoms with E-state index >= 15 is 0 Å². The smallest absolute Gasteiger partial charge is 0.311 e. The molecular weight excluding hydrogens is 318 g/mol. The van der Waals surface area contributed by atoms with Crippen LogP contribution in [0, 0.1) is 11.3 Å². The Morgan fingerprint density at radius 2 is 1.70 bits per heavy atom. The first kappa shape index (κ1) is 22.7. The standard InChI is InChI=1S/C11H20O2.C7H14F2S/c1-10(2,3)9(12)13-11(4)7-5-6-8-11;1-6(2)4-5-7(8,9)10-3/h5-8H2,1-4H3;6H,4-5H2,1-3H3. The summed E-state index contributed by atoms with van der Waals surface area (Å²) in [6.07, 6.45) is 6.48. The van der Waals surface area contributed by atoms with Crippen LogP contribution in [0.4, 0.5) is 8.78 Å². The lowest BCUT2D eigenvalue weighted by molar-refractivity contribution is -0.167. The van der Waals surface area contributed by atoms with E-state index in [1.54, 1.807) is 0 Å². The maximum absolute atomic E-state index is 12.5. The lowest BCUT2D eigenvalue weighted by Crippen LogP contribution is -2.34. The summed E-state index contributed by atoms with van der Waals surface area (Å²) in [5.74, 6) is 0.301. The third-order valence-electron chi connectivity index (χ3n) is 3.92. The topological polar surface area (TPSA) is 26.3 Å². The van der Waals surface area contributed by atoms with Crippen LogP contribution in [0.2, 0.25) is 0 Å². The Morgan fingerprint density at radius 1 is 1.22 bits per heavy atom.